The number of rotatable bonds is 5. The predicted molar refractivity (Wildman–Crippen MR) is 132 cm³/mol. The van der Waals surface area contributed by atoms with E-state index in [0.29, 0.717) is 6.04 Å². The molecule has 1 saturated heterocycles. The van der Waals surface area contributed by atoms with Crippen LogP contribution in [0.2, 0.25) is 0 Å². The van der Waals surface area contributed by atoms with E-state index < -0.39 is 0 Å². The Labute approximate surface area is 198 Å². The predicted octanol–water partition coefficient (Wildman–Crippen LogP) is 4.76. The Kier molecular flexibility index (Phi) is 6.35. The molecule has 5 rings (SSSR count). The number of amides is 1. The maximum absolute atomic E-state index is 11.5. The summed E-state index contributed by atoms with van der Waals surface area (Å²) in [7, 11) is 0. The van der Waals surface area contributed by atoms with Crippen molar-refractivity contribution >= 4 is 32.7 Å². The standard InChI is InChI=1S/C26H31BrN4O/c1-18(32)31-13-11-30(12-14-31)17-20-7-5-19(6-8-20)16-28-25-4-2-3-22-23-15-21(27)9-10-24(23)29-26(22)25/h5-10,15,25,28-29H,2-4,11-14,16-17H2,1H3/t25-/m1/s1. The number of hydrogen-bond donors (Lipinski definition) is 2. The second-order valence-corrected chi connectivity index (χ2v) is 10.0. The fourth-order valence-corrected chi connectivity index (χ4v) is 5.48. The van der Waals surface area contributed by atoms with Crippen molar-refractivity contribution in [1.29, 1.82) is 0 Å². The number of nitrogens with one attached hydrogen (secondary N) is 2. The van der Waals surface area contributed by atoms with Crippen LogP contribution in [-0.4, -0.2) is 46.9 Å². The Morgan fingerprint density at radius 1 is 1.09 bits per heavy atom. The van der Waals surface area contributed by atoms with Crippen molar-refractivity contribution in [3.05, 3.63) is 69.3 Å². The third kappa shape index (κ3) is 4.63. The van der Waals surface area contributed by atoms with Gasteiger partial charge in [0.15, 0.2) is 0 Å². The SMILES string of the molecule is CC(=O)N1CCN(Cc2ccc(CN[C@@H]3CCCc4c3[nH]c3ccc(Br)cc43)cc2)CC1. The molecule has 2 aliphatic rings. The van der Waals surface area contributed by atoms with E-state index in [0.717, 1.165) is 50.2 Å². The van der Waals surface area contributed by atoms with Gasteiger partial charge in [-0.25, -0.2) is 0 Å². The van der Waals surface area contributed by atoms with Gasteiger partial charge in [-0.2, -0.15) is 0 Å². The number of benzene rings is 2. The summed E-state index contributed by atoms with van der Waals surface area (Å²) in [6.45, 7) is 7.07. The summed E-state index contributed by atoms with van der Waals surface area (Å²) in [5.74, 6) is 0.187. The van der Waals surface area contributed by atoms with Gasteiger partial charge in [0.1, 0.15) is 0 Å². The molecule has 6 heteroatoms. The normalized spacial score (nSPS) is 19.3. The number of aromatic amines is 1. The molecule has 1 atom stereocenters. The van der Waals surface area contributed by atoms with Gasteiger partial charge in [0, 0.05) is 73.3 Å². The molecular weight excluding hydrogens is 464 g/mol. The summed E-state index contributed by atoms with van der Waals surface area (Å²) < 4.78 is 1.14. The number of nitrogens with zero attached hydrogens (tertiary/aromatic N) is 2. The number of fused-ring (bicyclic) bond motifs is 3. The molecule has 1 aliphatic carbocycles. The molecule has 1 aromatic heterocycles. The lowest BCUT2D eigenvalue weighted by Crippen LogP contribution is -2.47. The second kappa shape index (κ2) is 9.38. The first-order valence-corrected chi connectivity index (χ1v) is 12.5. The molecule has 1 aliphatic heterocycles. The van der Waals surface area contributed by atoms with Crippen LogP contribution in [0, 0.1) is 0 Å². The molecule has 1 fully saturated rings. The van der Waals surface area contributed by atoms with Gasteiger partial charge in [0.25, 0.3) is 0 Å². The number of carbonyl (C=O) groups is 1. The number of carbonyl (C=O) groups excluding carboxylic acids is 1. The molecule has 0 spiro atoms. The summed E-state index contributed by atoms with van der Waals surface area (Å²) in [6, 6.07) is 15.9. The molecule has 5 nitrogen and oxygen atoms in total. The van der Waals surface area contributed by atoms with Crippen LogP contribution < -0.4 is 5.32 Å². The fraction of sp³-hybridized carbons (Fsp3) is 0.423. The first-order chi connectivity index (χ1) is 15.6. The summed E-state index contributed by atoms with van der Waals surface area (Å²) in [6.07, 6.45) is 3.55. The highest BCUT2D eigenvalue weighted by atomic mass is 79.9. The minimum absolute atomic E-state index is 0.187. The number of aromatic nitrogens is 1. The lowest BCUT2D eigenvalue weighted by Gasteiger charge is -2.34. The zero-order valence-electron chi connectivity index (χ0n) is 18.7. The van der Waals surface area contributed by atoms with Crippen LogP contribution in [-0.2, 0) is 24.3 Å². The van der Waals surface area contributed by atoms with Gasteiger partial charge in [-0.1, -0.05) is 40.2 Å². The quantitative estimate of drug-likeness (QED) is 0.537. The first kappa shape index (κ1) is 21.7. The van der Waals surface area contributed by atoms with Crippen molar-refractivity contribution in [1.82, 2.24) is 20.1 Å². The summed E-state index contributed by atoms with van der Waals surface area (Å²) in [4.78, 5) is 19.6. The van der Waals surface area contributed by atoms with Gasteiger partial charge in [0.2, 0.25) is 5.91 Å². The largest absolute Gasteiger partial charge is 0.357 e. The molecule has 0 unspecified atom stereocenters. The van der Waals surface area contributed by atoms with Crippen LogP contribution >= 0.6 is 15.9 Å². The van der Waals surface area contributed by atoms with Crippen LogP contribution in [0.25, 0.3) is 10.9 Å². The molecule has 2 N–H and O–H groups in total. The van der Waals surface area contributed by atoms with Crippen LogP contribution in [0.1, 0.15) is 48.2 Å². The maximum atomic E-state index is 11.5. The van der Waals surface area contributed by atoms with Crippen molar-refractivity contribution in [3.8, 4) is 0 Å². The molecular formula is C26H31BrN4O. The van der Waals surface area contributed by atoms with Crippen molar-refractivity contribution < 1.29 is 4.79 Å². The Morgan fingerprint density at radius 3 is 2.59 bits per heavy atom. The highest BCUT2D eigenvalue weighted by Gasteiger charge is 2.24. The molecule has 168 valence electrons. The smallest absolute Gasteiger partial charge is 0.219 e. The Hall–Kier alpha value is -2.15. The minimum Gasteiger partial charge on any atom is -0.357 e. The zero-order chi connectivity index (χ0) is 22.1. The van der Waals surface area contributed by atoms with E-state index in [1.165, 1.54) is 46.1 Å². The average molecular weight is 495 g/mol. The van der Waals surface area contributed by atoms with E-state index in [-0.39, 0.29) is 5.91 Å². The number of H-pyrrole nitrogens is 1. The van der Waals surface area contributed by atoms with E-state index in [2.05, 4.69) is 73.6 Å². The summed E-state index contributed by atoms with van der Waals surface area (Å²) in [5.41, 5.74) is 6.74. The number of hydrogen-bond acceptors (Lipinski definition) is 3. The molecule has 2 heterocycles. The summed E-state index contributed by atoms with van der Waals surface area (Å²) in [5, 5.41) is 5.15. The van der Waals surface area contributed by atoms with Crippen molar-refractivity contribution in [3.63, 3.8) is 0 Å². The number of aryl methyl sites for hydroxylation is 1. The molecule has 0 radical (unpaired) electrons. The van der Waals surface area contributed by atoms with Gasteiger partial charge in [-0.05, 0) is 54.2 Å². The van der Waals surface area contributed by atoms with Crippen LogP contribution in [0.4, 0.5) is 0 Å². The highest BCUT2D eigenvalue weighted by molar-refractivity contribution is 9.10. The van der Waals surface area contributed by atoms with E-state index in [4.69, 9.17) is 0 Å². The van der Waals surface area contributed by atoms with Crippen LogP contribution in [0.5, 0.6) is 0 Å². The second-order valence-electron chi connectivity index (χ2n) is 9.13. The molecule has 3 aromatic rings. The van der Waals surface area contributed by atoms with Crippen molar-refractivity contribution in [2.75, 3.05) is 26.2 Å². The van der Waals surface area contributed by atoms with Gasteiger partial charge < -0.3 is 15.2 Å². The van der Waals surface area contributed by atoms with E-state index in [9.17, 15) is 4.79 Å². The number of halogens is 1. The monoisotopic (exact) mass is 494 g/mol. The molecule has 2 aromatic carbocycles. The topological polar surface area (TPSA) is 51.4 Å². The zero-order valence-corrected chi connectivity index (χ0v) is 20.2. The molecule has 1 amide bonds. The molecule has 32 heavy (non-hydrogen) atoms. The highest BCUT2D eigenvalue weighted by Crippen LogP contribution is 2.36. The van der Waals surface area contributed by atoms with Gasteiger partial charge in [0.05, 0.1) is 0 Å². The first-order valence-electron chi connectivity index (χ1n) is 11.7. The minimum atomic E-state index is 0.187. The Morgan fingerprint density at radius 2 is 1.84 bits per heavy atom. The fourth-order valence-electron chi connectivity index (χ4n) is 5.12. The summed E-state index contributed by atoms with van der Waals surface area (Å²) >= 11 is 3.62. The van der Waals surface area contributed by atoms with Crippen LogP contribution in [0.3, 0.4) is 0 Å². The van der Waals surface area contributed by atoms with Gasteiger partial charge >= 0.3 is 0 Å². The van der Waals surface area contributed by atoms with E-state index in [1.54, 1.807) is 6.92 Å². The molecule has 0 saturated carbocycles. The lowest BCUT2D eigenvalue weighted by molar-refractivity contribution is -0.130. The Balaban J connectivity index is 1.19. The third-order valence-corrected chi connectivity index (χ3v) is 7.46. The molecule has 0 bridgehead atoms. The van der Waals surface area contributed by atoms with E-state index in [1.807, 2.05) is 4.90 Å². The lowest BCUT2D eigenvalue weighted by atomic mass is 9.91. The number of piperazine rings is 1. The van der Waals surface area contributed by atoms with E-state index >= 15 is 0 Å². The van der Waals surface area contributed by atoms with Crippen molar-refractivity contribution in [2.45, 2.75) is 45.3 Å². The third-order valence-electron chi connectivity index (χ3n) is 6.97. The average Bonchev–Trinajstić information content (AvgIpc) is 3.17. The van der Waals surface area contributed by atoms with Gasteiger partial charge in [-0.15, -0.1) is 0 Å². The van der Waals surface area contributed by atoms with Crippen molar-refractivity contribution in [2.24, 2.45) is 0 Å². The maximum Gasteiger partial charge on any atom is 0.219 e. The van der Waals surface area contributed by atoms with Crippen LogP contribution in [0.15, 0.2) is 46.9 Å². The Bertz CT molecular complexity index is 1100. The van der Waals surface area contributed by atoms with Gasteiger partial charge in [-0.3, -0.25) is 9.69 Å².